The maximum atomic E-state index is 10.1. The Hall–Kier alpha value is -1.75. The van der Waals surface area contributed by atoms with Gasteiger partial charge in [-0.1, -0.05) is 6.07 Å². The van der Waals surface area contributed by atoms with Crippen LogP contribution in [0.25, 0.3) is 0 Å². The molecule has 90 valence electrons. The average molecular weight is 232 g/mol. The monoisotopic (exact) mass is 232 g/mol. The number of rotatable bonds is 4. The molecule has 5 nitrogen and oxygen atoms in total. The fourth-order valence-electron chi connectivity index (χ4n) is 1.68. The van der Waals surface area contributed by atoms with Crippen LogP contribution in [0.5, 0.6) is 0 Å². The number of aliphatic hydroxyl groups excluding tert-OH is 1. The minimum absolute atomic E-state index is 0.457. The summed E-state index contributed by atoms with van der Waals surface area (Å²) in [5, 5.41) is 14.2. The lowest BCUT2D eigenvalue weighted by Gasteiger charge is -2.10. The van der Waals surface area contributed by atoms with E-state index in [1.165, 1.54) is 6.33 Å². The number of aliphatic hydroxyl groups is 1. The molecule has 0 aliphatic carbocycles. The maximum Gasteiger partial charge on any atom is 0.138 e. The van der Waals surface area contributed by atoms with E-state index < -0.39 is 6.10 Å². The van der Waals surface area contributed by atoms with E-state index in [-0.39, 0.29) is 0 Å². The molecular formula is C12H16N4O. The molecule has 0 aliphatic rings. The molecule has 5 heteroatoms. The fraction of sp³-hybridized carbons (Fsp3) is 0.417. The molecule has 0 saturated heterocycles. The highest BCUT2D eigenvalue weighted by atomic mass is 16.3. The topological polar surface area (TPSA) is 63.8 Å². The van der Waals surface area contributed by atoms with Crippen LogP contribution in [0.3, 0.4) is 0 Å². The maximum absolute atomic E-state index is 10.1. The molecule has 2 aromatic heterocycles. The zero-order valence-corrected chi connectivity index (χ0v) is 10.0. The van der Waals surface area contributed by atoms with Gasteiger partial charge in [-0.25, -0.2) is 4.98 Å². The molecule has 0 saturated carbocycles. The van der Waals surface area contributed by atoms with E-state index in [0.717, 1.165) is 23.6 Å². The van der Waals surface area contributed by atoms with Crippen molar-refractivity contribution in [1.82, 2.24) is 19.7 Å². The predicted octanol–water partition coefficient (Wildman–Crippen LogP) is 1.28. The van der Waals surface area contributed by atoms with Crippen LogP contribution in [0, 0.1) is 6.92 Å². The van der Waals surface area contributed by atoms with Gasteiger partial charge < -0.3 is 5.11 Å². The minimum atomic E-state index is -0.586. The van der Waals surface area contributed by atoms with Gasteiger partial charge in [-0.2, -0.15) is 5.10 Å². The van der Waals surface area contributed by atoms with Crippen LogP contribution in [0.4, 0.5) is 0 Å². The lowest BCUT2D eigenvalue weighted by atomic mass is 10.1. The summed E-state index contributed by atoms with van der Waals surface area (Å²) in [6.07, 6.45) is 3.09. The summed E-state index contributed by atoms with van der Waals surface area (Å²) in [4.78, 5) is 8.31. The van der Waals surface area contributed by atoms with Crippen molar-refractivity contribution in [2.45, 2.75) is 32.9 Å². The second-order valence-corrected chi connectivity index (χ2v) is 3.94. The number of hydrogen-bond acceptors (Lipinski definition) is 4. The van der Waals surface area contributed by atoms with E-state index in [1.807, 2.05) is 26.0 Å². The van der Waals surface area contributed by atoms with Gasteiger partial charge >= 0.3 is 0 Å². The van der Waals surface area contributed by atoms with Crippen LogP contribution >= 0.6 is 0 Å². The van der Waals surface area contributed by atoms with Crippen LogP contribution in [0.2, 0.25) is 0 Å². The van der Waals surface area contributed by atoms with Crippen molar-refractivity contribution in [2.24, 2.45) is 0 Å². The van der Waals surface area contributed by atoms with Crippen LogP contribution in [0.1, 0.15) is 30.1 Å². The molecule has 0 fully saturated rings. The van der Waals surface area contributed by atoms with Gasteiger partial charge in [0.05, 0.1) is 6.10 Å². The predicted molar refractivity (Wildman–Crippen MR) is 63.3 cm³/mol. The lowest BCUT2D eigenvalue weighted by Crippen LogP contribution is -2.09. The molecule has 2 rings (SSSR count). The third kappa shape index (κ3) is 2.68. The van der Waals surface area contributed by atoms with Gasteiger partial charge in [-0.15, -0.1) is 0 Å². The molecule has 0 amide bonds. The summed E-state index contributed by atoms with van der Waals surface area (Å²) in [5.41, 5.74) is 1.75. The quantitative estimate of drug-likeness (QED) is 0.862. The van der Waals surface area contributed by atoms with Crippen molar-refractivity contribution in [2.75, 3.05) is 0 Å². The van der Waals surface area contributed by atoms with Gasteiger partial charge in [0.1, 0.15) is 12.2 Å². The first-order valence-corrected chi connectivity index (χ1v) is 5.68. The van der Waals surface area contributed by atoms with Crippen molar-refractivity contribution >= 4 is 0 Å². The van der Waals surface area contributed by atoms with Crippen LogP contribution in [-0.4, -0.2) is 24.9 Å². The number of nitrogens with zero attached hydrogens (tertiary/aromatic N) is 4. The molecule has 17 heavy (non-hydrogen) atoms. The van der Waals surface area contributed by atoms with Gasteiger partial charge in [0.2, 0.25) is 0 Å². The van der Waals surface area contributed by atoms with Crippen molar-refractivity contribution in [3.8, 4) is 0 Å². The van der Waals surface area contributed by atoms with E-state index in [9.17, 15) is 5.11 Å². The minimum Gasteiger partial charge on any atom is -0.388 e. The summed E-state index contributed by atoms with van der Waals surface area (Å²) in [5.74, 6) is 0.792. The molecule has 0 radical (unpaired) electrons. The fourth-order valence-corrected chi connectivity index (χ4v) is 1.68. The first kappa shape index (κ1) is 11.7. The number of aromatic nitrogens is 4. The molecule has 1 unspecified atom stereocenters. The Morgan fingerprint density at radius 3 is 2.82 bits per heavy atom. The Morgan fingerprint density at radius 2 is 2.18 bits per heavy atom. The second kappa shape index (κ2) is 5.05. The van der Waals surface area contributed by atoms with Crippen molar-refractivity contribution < 1.29 is 5.11 Å². The van der Waals surface area contributed by atoms with Crippen molar-refractivity contribution in [1.29, 1.82) is 0 Å². The first-order chi connectivity index (χ1) is 8.20. The zero-order valence-electron chi connectivity index (χ0n) is 10.0. The third-order valence-corrected chi connectivity index (χ3v) is 2.69. The molecule has 0 bridgehead atoms. The van der Waals surface area contributed by atoms with Crippen molar-refractivity contribution in [3.63, 3.8) is 0 Å². The number of hydrogen-bond donors (Lipinski definition) is 1. The Morgan fingerprint density at radius 1 is 1.35 bits per heavy atom. The lowest BCUT2D eigenvalue weighted by molar-refractivity contribution is 0.173. The van der Waals surface area contributed by atoms with Crippen LogP contribution in [0.15, 0.2) is 24.7 Å². The van der Waals surface area contributed by atoms with Crippen LogP contribution in [-0.2, 0) is 13.0 Å². The van der Waals surface area contributed by atoms with E-state index in [2.05, 4.69) is 15.1 Å². The van der Waals surface area contributed by atoms with E-state index in [1.54, 1.807) is 10.9 Å². The second-order valence-electron chi connectivity index (χ2n) is 3.94. The standard InChI is InChI=1S/C12H16N4O/c1-3-16-12(14-8-15-16)6-11(17)10-5-4-9(2)13-7-10/h4-5,7-8,11,17H,3,6H2,1-2H3. The molecule has 0 aromatic carbocycles. The normalized spacial score (nSPS) is 12.6. The van der Waals surface area contributed by atoms with E-state index in [4.69, 9.17) is 0 Å². The van der Waals surface area contributed by atoms with Gasteiger partial charge in [-0.05, 0) is 25.5 Å². The smallest absolute Gasteiger partial charge is 0.138 e. The molecule has 0 spiro atoms. The van der Waals surface area contributed by atoms with Gasteiger partial charge in [0.25, 0.3) is 0 Å². The van der Waals surface area contributed by atoms with Crippen molar-refractivity contribution in [3.05, 3.63) is 41.7 Å². The van der Waals surface area contributed by atoms with Gasteiger partial charge in [0, 0.05) is 24.9 Å². The zero-order chi connectivity index (χ0) is 12.3. The molecular weight excluding hydrogens is 216 g/mol. The summed E-state index contributed by atoms with van der Waals surface area (Å²) in [7, 11) is 0. The Labute approximate surface area is 100 Å². The molecule has 1 atom stereocenters. The summed E-state index contributed by atoms with van der Waals surface area (Å²) < 4.78 is 1.78. The van der Waals surface area contributed by atoms with Gasteiger partial charge in [0.15, 0.2) is 0 Å². The third-order valence-electron chi connectivity index (χ3n) is 2.69. The van der Waals surface area contributed by atoms with E-state index >= 15 is 0 Å². The molecule has 2 heterocycles. The SMILES string of the molecule is CCn1ncnc1CC(O)c1ccc(C)nc1. The van der Waals surface area contributed by atoms with E-state index in [0.29, 0.717) is 6.42 Å². The highest BCUT2D eigenvalue weighted by Crippen LogP contribution is 2.16. The molecule has 1 N–H and O–H groups in total. The summed E-state index contributed by atoms with van der Waals surface area (Å²) in [6, 6.07) is 3.78. The Kier molecular flexibility index (Phi) is 3.49. The summed E-state index contributed by atoms with van der Waals surface area (Å²) >= 11 is 0. The molecule has 0 aliphatic heterocycles. The Balaban J connectivity index is 2.11. The highest BCUT2D eigenvalue weighted by Gasteiger charge is 2.12. The molecule has 2 aromatic rings. The highest BCUT2D eigenvalue weighted by molar-refractivity contribution is 5.16. The number of aryl methyl sites for hydroxylation is 2. The number of pyridine rings is 1. The van der Waals surface area contributed by atoms with Gasteiger partial charge in [-0.3, -0.25) is 9.67 Å². The summed E-state index contributed by atoms with van der Waals surface area (Å²) in [6.45, 7) is 4.68. The average Bonchev–Trinajstić information content (AvgIpc) is 2.77. The first-order valence-electron chi connectivity index (χ1n) is 5.68. The largest absolute Gasteiger partial charge is 0.388 e. The Bertz CT molecular complexity index is 478. The van der Waals surface area contributed by atoms with Crippen LogP contribution < -0.4 is 0 Å².